The standard InChI is InChI=1S/C22H23FN8O/c1-14-12-15(2)31(28-14)21-9-8-20(26-27-21)24-10-11-25-22(32)19-13-18(29-30(19)3)16-4-6-17(23)7-5-16/h4-9,12-13H,10-11H2,1-3H3,(H,24,26)(H,25,32). The third-order valence-electron chi connectivity index (χ3n) is 4.85. The van der Waals surface area contributed by atoms with Crippen molar-refractivity contribution in [3.8, 4) is 17.1 Å². The maximum Gasteiger partial charge on any atom is 0.269 e. The van der Waals surface area contributed by atoms with E-state index in [2.05, 4.69) is 31.0 Å². The second-order valence-corrected chi connectivity index (χ2v) is 7.34. The molecule has 0 unspecified atom stereocenters. The Bertz CT molecular complexity index is 1230. The first-order chi connectivity index (χ1) is 15.4. The minimum atomic E-state index is -0.318. The van der Waals surface area contributed by atoms with Gasteiger partial charge in [0.25, 0.3) is 5.91 Å². The van der Waals surface area contributed by atoms with Gasteiger partial charge in [0.2, 0.25) is 0 Å². The van der Waals surface area contributed by atoms with E-state index in [1.807, 2.05) is 32.0 Å². The molecule has 0 saturated carbocycles. The summed E-state index contributed by atoms with van der Waals surface area (Å²) < 4.78 is 16.4. The molecule has 0 aliphatic heterocycles. The van der Waals surface area contributed by atoms with Gasteiger partial charge < -0.3 is 10.6 Å². The van der Waals surface area contributed by atoms with Gasteiger partial charge >= 0.3 is 0 Å². The maximum atomic E-state index is 13.1. The van der Waals surface area contributed by atoms with Gasteiger partial charge in [-0.1, -0.05) is 0 Å². The molecule has 3 heterocycles. The molecular formula is C22H23FN8O. The molecule has 0 saturated heterocycles. The summed E-state index contributed by atoms with van der Waals surface area (Å²) >= 11 is 0. The molecule has 0 aliphatic carbocycles. The Morgan fingerprint density at radius 2 is 1.78 bits per heavy atom. The van der Waals surface area contributed by atoms with Gasteiger partial charge in [-0.3, -0.25) is 9.48 Å². The molecule has 4 aromatic rings. The summed E-state index contributed by atoms with van der Waals surface area (Å²) in [6.45, 7) is 4.75. The Balaban J connectivity index is 1.30. The first kappa shape index (κ1) is 21.2. The van der Waals surface area contributed by atoms with E-state index in [0.29, 0.717) is 36.1 Å². The number of hydrogen-bond acceptors (Lipinski definition) is 6. The first-order valence-corrected chi connectivity index (χ1v) is 10.1. The predicted molar refractivity (Wildman–Crippen MR) is 118 cm³/mol. The van der Waals surface area contributed by atoms with Gasteiger partial charge in [-0.2, -0.15) is 10.2 Å². The number of nitrogens with zero attached hydrogens (tertiary/aromatic N) is 6. The summed E-state index contributed by atoms with van der Waals surface area (Å²) in [5.74, 6) is 0.675. The van der Waals surface area contributed by atoms with Gasteiger partial charge in [0.05, 0.1) is 11.4 Å². The van der Waals surface area contributed by atoms with E-state index in [4.69, 9.17) is 0 Å². The fourth-order valence-electron chi connectivity index (χ4n) is 3.29. The number of nitrogens with one attached hydrogen (secondary N) is 2. The number of benzene rings is 1. The van der Waals surface area contributed by atoms with Crippen LogP contribution in [0.5, 0.6) is 0 Å². The molecule has 0 fully saturated rings. The molecule has 0 spiro atoms. The fourth-order valence-corrected chi connectivity index (χ4v) is 3.29. The van der Waals surface area contributed by atoms with Crippen molar-refractivity contribution in [2.24, 2.45) is 7.05 Å². The lowest BCUT2D eigenvalue weighted by Gasteiger charge is -2.08. The zero-order valence-electron chi connectivity index (χ0n) is 18.0. The molecule has 1 aromatic carbocycles. The van der Waals surface area contributed by atoms with Gasteiger partial charge in [0, 0.05) is 31.4 Å². The van der Waals surface area contributed by atoms with E-state index in [-0.39, 0.29) is 11.7 Å². The molecule has 32 heavy (non-hydrogen) atoms. The van der Waals surface area contributed by atoms with Crippen molar-refractivity contribution in [1.29, 1.82) is 0 Å². The van der Waals surface area contributed by atoms with E-state index in [9.17, 15) is 9.18 Å². The van der Waals surface area contributed by atoms with Crippen molar-refractivity contribution < 1.29 is 9.18 Å². The van der Waals surface area contributed by atoms with Gasteiger partial charge in [-0.05, 0) is 62.4 Å². The van der Waals surface area contributed by atoms with Crippen LogP contribution >= 0.6 is 0 Å². The number of carbonyl (C=O) groups excluding carboxylic acids is 1. The van der Waals surface area contributed by atoms with Gasteiger partial charge in [-0.15, -0.1) is 10.2 Å². The molecule has 0 radical (unpaired) electrons. The second kappa shape index (κ2) is 8.96. The highest BCUT2D eigenvalue weighted by Crippen LogP contribution is 2.19. The van der Waals surface area contributed by atoms with E-state index in [1.54, 1.807) is 29.9 Å². The van der Waals surface area contributed by atoms with Crippen molar-refractivity contribution in [2.45, 2.75) is 13.8 Å². The highest BCUT2D eigenvalue weighted by atomic mass is 19.1. The van der Waals surface area contributed by atoms with Gasteiger partial charge in [0.1, 0.15) is 17.3 Å². The molecule has 3 aromatic heterocycles. The monoisotopic (exact) mass is 434 g/mol. The lowest BCUT2D eigenvalue weighted by Crippen LogP contribution is -2.30. The largest absolute Gasteiger partial charge is 0.367 e. The first-order valence-electron chi connectivity index (χ1n) is 10.1. The fraction of sp³-hybridized carbons (Fsp3) is 0.227. The van der Waals surface area contributed by atoms with Crippen LogP contribution in [0.1, 0.15) is 21.9 Å². The summed E-state index contributed by atoms with van der Waals surface area (Å²) in [6.07, 6.45) is 0. The van der Waals surface area contributed by atoms with E-state index >= 15 is 0 Å². The molecule has 1 amide bonds. The minimum absolute atomic E-state index is 0.249. The number of rotatable bonds is 7. The Hall–Kier alpha value is -4.08. The van der Waals surface area contributed by atoms with Crippen molar-refractivity contribution in [2.75, 3.05) is 18.4 Å². The molecule has 2 N–H and O–H groups in total. The molecule has 164 valence electrons. The number of anilines is 1. The summed E-state index contributed by atoms with van der Waals surface area (Å²) in [5, 5.41) is 23.1. The zero-order chi connectivity index (χ0) is 22.7. The molecule has 0 atom stereocenters. The van der Waals surface area contributed by atoms with Crippen molar-refractivity contribution in [3.63, 3.8) is 0 Å². The quantitative estimate of drug-likeness (QED) is 0.434. The van der Waals surface area contributed by atoms with Crippen molar-refractivity contribution >= 4 is 11.7 Å². The number of halogens is 1. The van der Waals surface area contributed by atoms with Crippen molar-refractivity contribution in [1.82, 2.24) is 35.1 Å². The summed E-state index contributed by atoms with van der Waals surface area (Å²) in [6, 6.07) is 13.3. The lowest BCUT2D eigenvalue weighted by molar-refractivity contribution is 0.0946. The maximum absolute atomic E-state index is 13.1. The van der Waals surface area contributed by atoms with Crippen LogP contribution in [0.2, 0.25) is 0 Å². The van der Waals surface area contributed by atoms with E-state index in [0.717, 1.165) is 17.0 Å². The third-order valence-corrected chi connectivity index (χ3v) is 4.85. The molecule has 0 bridgehead atoms. The van der Waals surface area contributed by atoms with Crippen LogP contribution in [0.15, 0.2) is 48.5 Å². The molecular weight excluding hydrogens is 411 g/mol. The van der Waals surface area contributed by atoms with Crippen LogP contribution in [0.4, 0.5) is 10.2 Å². The smallest absolute Gasteiger partial charge is 0.269 e. The molecule has 10 heteroatoms. The highest BCUT2D eigenvalue weighted by molar-refractivity contribution is 5.93. The average Bonchev–Trinajstić information content (AvgIpc) is 3.33. The van der Waals surface area contributed by atoms with E-state index in [1.165, 1.54) is 16.8 Å². The number of carbonyl (C=O) groups is 1. The molecule has 9 nitrogen and oxygen atoms in total. The van der Waals surface area contributed by atoms with Crippen molar-refractivity contribution in [3.05, 3.63) is 71.4 Å². The minimum Gasteiger partial charge on any atom is -0.367 e. The molecule has 4 rings (SSSR count). The summed E-state index contributed by atoms with van der Waals surface area (Å²) in [5.41, 5.74) is 3.66. The number of aromatic nitrogens is 6. The van der Waals surface area contributed by atoms with Crippen LogP contribution in [0.25, 0.3) is 17.1 Å². The third kappa shape index (κ3) is 4.64. The highest BCUT2D eigenvalue weighted by Gasteiger charge is 2.14. The molecule has 0 aliphatic rings. The summed E-state index contributed by atoms with van der Waals surface area (Å²) in [7, 11) is 1.69. The van der Waals surface area contributed by atoms with Gasteiger partial charge in [0.15, 0.2) is 5.82 Å². The topological polar surface area (TPSA) is 103 Å². The van der Waals surface area contributed by atoms with Crippen LogP contribution in [-0.4, -0.2) is 48.8 Å². The predicted octanol–water partition coefficient (Wildman–Crippen LogP) is 2.66. The number of aryl methyl sites for hydroxylation is 3. The Labute approximate surface area is 184 Å². The van der Waals surface area contributed by atoms with Crippen LogP contribution < -0.4 is 10.6 Å². The Morgan fingerprint density at radius 3 is 2.44 bits per heavy atom. The average molecular weight is 434 g/mol. The van der Waals surface area contributed by atoms with Crippen LogP contribution in [0, 0.1) is 19.7 Å². The summed E-state index contributed by atoms with van der Waals surface area (Å²) in [4.78, 5) is 12.5. The Kier molecular flexibility index (Phi) is 5.93. The lowest BCUT2D eigenvalue weighted by atomic mass is 10.1. The zero-order valence-corrected chi connectivity index (χ0v) is 18.0. The second-order valence-electron chi connectivity index (χ2n) is 7.34. The SMILES string of the molecule is Cc1cc(C)n(-c2ccc(NCCNC(=O)c3cc(-c4ccc(F)cc4)nn3C)nn2)n1. The Morgan fingerprint density at radius 1 is 1.00 bits per heavy atom. The van der Waals surface area contributed by atoms with E-state index < -0.39 is 0 Å². The van der Waals surface area contributed by atoms with Gasteiger partial charge in [-0.25, -0.2) is 9.07 Å². The normalized spacial score (nSPS) is 10.9. The van der Waals surface area contributed by atoms with Crippen LogP contribution in [-0.2, 0) is 7.05 Å². The van der Waals surface area contributed by atoms with Crippen LogP contribution in [0.3, 0.4) is 0 Å². The number of hydrogen-bond donors (Lipinski definition) is 2. The number of amides is 1.